The van der Waals surface area contributed by atoms with Crippen molar-refractivity contribution in [3.05, 3.63) is 29.8 Å². The predicted molar refractivity (Wildman–Crippen MR) is 84.7 cm³/mol. The number of thioether (sulfide) groups is 1. The van der Waals surface area contributed by atoms with Crippen LogP contribution in [0, 0.1) is 0 Å². The fraction of sp³-hybridized carbons (Fsp3) is 0.533. The third-order valence-corrected chi connectivity index (χ3v) is 4.87. The molecule has 22 heavy (non-hydrogen) atoms. The predicted octanol–water partition coefficient (Wildman–Crippen LogP) is 2.51. The summed E-state index contributed by atoms with van der Waals surface area (Å²) in [6.07, 6.45) is 0.826. The van der Waals surface area contributed by atoms with Crippen LogP contribution in [0.3, 0.4) is 0 Å². The van der Waals surface area contributed by atoms with Crippen LogP contribution >= 0.6 is 11.8 Å². The molecule has 2 fully saturated rings. The molecule has 1 aromatic carbocycles. The molecule has 1 aliphatic heterocycles. The number of nitrogens with two attached hydrogens (primary N) is 1. The first kappa shape index (κ1) is 15.4. The second-order valence-electron chi connectivity index (χ2n) is 5.41. The molecule has 120 valence electrons. The summed E-state index contributed by atoms with van der Waals surface area (Å²) in [5.41, 5.74) is 6.85. The van der Waals surface area contributed by atoms with Crippen LogP contribution in [0.25, 0.3) is 0 Å². The van der Waals surface area contributed by atoms with Gasteiger partial charge in [0.1, 0.15) is 5.75 Å². The normalized spacial score (nSPS) is 25.4. The summed E-state index contributed by atoms with van der Waals surface area (Å²) in [6.45, 7) is -0.969. The van der Waals surface area contributed by atoms with Gasteiger partial charge in [0.2, 0.25) is 0 Å². The maximum Gasteiger partial charge on any atom is 0.387 e. The largest absolute Gasteiger partial charge is 0.435 e. The number of alkyl halides is 2. The minimum atomic E-state index is -2.81. The lowest BCUT2D eigenvalue weighted by molar-refractivity contribution is -0.0504. The molecular formula is C15H19F2N3OS. The van der Waals surface area contributed by atoms with Crippen LogP contribution in [0.15, 0.2) is 29.3 Å². The van der Waals surface area contributed by atoms with Gasteiger partial charge in [-0.1, -0.05) is 18.2 Å². The SMILES string of the molecule is NC(=N[C@H]1C[C@@H]1c1ccccc1OC(F)F)N1CCSCC1. The van der Waals surface area contributed by atoms with Gasteiger partial charge in [0.15, 0.2) is 5.96 Å². The Kier molecular flexibility index (Phi) is 4.71. The number of hydrogen-bond acceptors (Lipinski definition) is 3. The van der Waals surface area contributed by atoms with E-state index in [1.807, 2.05) is 23.9 Å². The number of ether oxygens (including phenoxy) is 1. The molecule has 0 amide bonds. The highest BCUT2D eigenvalue weighted by Gasteiger charge is 2.41. The Balaban J connectivity index is 1.66. The van der Waals surface area contributed by atoms with Crippen molar-refractivity contribution in [2.45, 2.75) is 25.0 Å². The molecule has 1 aromatic rings. The second-order valence-corrected chi connectivity index (χ2v) is 6.64. The van der Waals surface area contributed by atoms with Gasteiger partial charge >= 0.3 is 6.61 Å². The number of halogens is 2. The number of guanidine groups is 1. The molecule has 3 rings (SSSR count). The van der Waals surface area contributed by atoms with Crippen molar-refractivity contribution in [2.24, 2.45) is 10.7 Å². The van der Waals surface area contributed by atoms with Gasteiger partial charge in [0.05, 0.1) is 6.04 Å². The standard InChI is InChI=1S/C15H19F2N3OS/c16-14(17)21-13-4-2-1-3-10(13)11-9-12(11)19-15(18)20-5-7-22-8-6-20/h1-4,11-12,14H,5-9H2,(H2,18,19)/t11-,12+/m1/s1. The minimum Gasteiger partial charge on any atom is -0.435 e. The zero-order chi connectivity index (χ0) is 15.5. The van der Waals surface area contributed by atoms with Crippen LogP contribution in [0.4, 0.5) is 8.78 Å². The second kappa shape index (κ2) is 6.73. The van der Waals surface area contributed by atoms with E-state index in [0.29, 0.717) is 5.96 Å². The number of nitrogens with zero attached hydrogens (tertiary/aromatic N) is 2. The van der Waals surface area contributed by atoms with Crippen LogP contribution in [-0.4, -0.2) is 48.1 Å². The van der Waals surface area contributed by atoms with Gasteiger partial charge in [-0.3, -0.25) is 0 Å². The fourth-order valence-electron chi connectivity index (χ4n) is 2.69. The molecule has 1 aliphatic carbocycles. The van der Waals surface area contributed by atoms with Gasteiger partial charge in [-0.05, 0) is 18.1 Å². The summed E-state index contributed by atoms with van der Waals surface area (Å²) in [4.78, 5) is 6.65. The first-order chi connectivity index (χ1) is 10.6. The van der Waals surface area contributed by atoms with Gasteiger partial charge in [-0.25, -0.2) is 4.99 Å². The summed E-state index contributed by atoms with van der Waals surface area (Å²) >= 11 is 1.92. The molecule has 0 unspecified atom stereocenters. The minimum absolute atomic E-state index is 0.0667. The van der Waals surface area contributed by atoms with E-state index in [1.54, 1.807) is 12.1 Å². The quantitative estimate of drug-likeness (QED) is 0.682. The van der Waals surface area contributed by atoms with Crippen molar-refractivity contribution in [3.8, 4) is 5.75 Å². The van der Waals surface area contributed by atoms with E-state index in [2.05, 4.69) is 14.6 Å². The first-order valence-electron chi connectivity index (χ1n) is 7.35. The molecule has 0 radical (unpaired) electrons. The maximum atomic E-state index is 12.5. The molecule has 2 aliphatic rings. The number of para-hydroxylation sites is 1. The van der Waals surface area contributed by atoms with Crippen molar-refractivity contribution in [1.29, 1.82) is 0 Å². The van der Waals surface area contributed by atoms with Crippen molar-refractivity contribution < 1.29 is 13.5 Å². The molecule has 1 heterocycles. The molecule has 0 bridgehead atoms. The summed E-state index contributed by atoms with van der Waals surface area (Å²) in [6, 6.07) is 6.99. The summed E-state index contributed by atoms with van der Waals surface area (Å²) in [5, 5.41) is 0. The molecule has 7 heteroatoms. The average molecular weight is 327 g/mol. The van der Waals surface area contributed by atoms with E-state index in [9.17, 15) is 8.78 Å². The Morgan fingerprint density at radius 1 is 1.32 bits per heavy atom. The van der Waals surface area contributed by atoms with Gasteiger partial charge in [0.25, 0.3) is 0 Å². The molecule has 2 N–H and O–H groups in total. The molecule has 4 nitrogen and oxygen atoms in total. The van der Waals surface area contributed by atoms with Crippen molar-refractivity contribution in [3.63, 3.8) is 0 Å². The van der Waals surface area contributed by atoms with E-state index in [-0.39, 0.29) is 17.7 Å². The number of hydrogen-bond donors (Lipinski definition) is 1. The lowest BCUT2D eigenvalue weighted by atomic mass is 10.1. The third kappa shape index (κ3) is 3.63. The van der Waals surface area contributed by atoms with E-state index < -0.39 is 6.61 Å². The Hall–Kier alpha value is -1.50. The zero-order valence-electron chi connectivity index (χ0n) is 12.1. The topological polar surface area (TPSA) is 50.9 Å². The van der Waals surface area contributed by atoms with Crippen LogP contribution in [0.2, 0.25) is 0 Å². The maximum absolute atomic E-state index is 12.5. The van der Waals surface area contributed by atoms with Crippen molar-refractivity contribution in [2.75, 3.05) is 24.6 Å². The van der Waals surface area contributed by atoms with Crippen LogP contribution in [0.5, 0.6) is 5.75 Å². The third-order valence-electron chi connectivity index (χ3n) is 3.92. The van der Waals surface area contributed by atoms with Gasteiger partial charge in [-0.15, -0.1) is 0 Å². The Morgan fingerprint density at radius 3 is 2.77 bits per heavy atom. The highest BCUT2D eigenvalue weighted by Crippen LogP contribution is 2.47. The monoisotopic (exact) mass is 327 g/mol. The molecular weight excluding hydrogens is 308 g/mol. The van der Waals surface area contributed by atoms with Crippen LogP contribution in [-0.2, 0) is 0 Å². The molecule has 2 atom stereocenters. The van der Waals surface area contributed by atoms with Gasteiger partial charge < -0.3 is 15.4 Å². The molecule has 1 saturated heterocycles. The van der Waals surface area contributed by atoms with Crippen molar-refractivity contribution >= 4 is 17.7 Å². The van der Waals surface area contributed by atoms with Crippen LogP contribution in [0.1, 0.15) is 17.9 Å². The Morgan fingerprint density at radius 2 is 2.05 bits per heavy atom. The van der Waals surface area contributed by atoms with E-state index in [4.69, 9.17) is 5.73 Å². The van der Waals surface area contributed by atoms with Gasteiger partial charge in [0, 0.05) is 30.5 Å². The number of aliphatic imine (C=N–C) groups is 1. The van der Waals surface area contributed by atoms with Crippen molar-refractivity contribution in [1.82, 2.24) is 4.90 Å². The highest BCUT2D eigenvalue weighted by molar-refractivity contribution is 7.99. The number of rotatable bonds is 4. The van der Waals surface area contributed by atoms with Gasteiger partial charge in [-0.2, -0.15) is 20.5 Å². The van der Waals surface area contributed by atoms with E-state index >= 15 is 0 Å². The number of benzene rings is 1. The van der Waals surface area contributed by atoms with E-state index in [1.165, 1.54) is 0 Å². The summed E-state index contributed by atoms with van der Waals surface area (Å²) < 4.78 is 29.5. The molecule has 0 aromatic heterocycles. The molecule has 1 saturated carbocycles. The highest BCUT2D eigenvalue weighted by atomic mass is 32.2. The summed E-state index contributed by atoms with van der Waals surface area (Å²) in [5.74, 6) is 3.06. The first-order valence-corrected chi connectivity index (χ1v) is 8.50. The summed E-state index contributed by atoms with van der Waals surface area (Å²) in [7, 11) is 0. The van der Waals surface area contributed by atoms with E-state index in [0.717, 1.165) is 36.6 Å². The Bertz CT molecular complexity index is 549. The Labute approximate surface area is 132 Å². The molecule has 0 spiro atoms. The lowest BCUT2D eigenvalue weighted by Crippen LogP contribution is -2.42. The fourth-order valence-corrected chi connectivity index (χ4v) is 3.60. The zero-order valence-corrected chi connectivity index (χ0v) is 12.9. The van der Waals surface area contributed by atoms with Crippen LogP contribution < -0.4 is 10.5 Å². The average Bonchev–Trinajstić information content (AvgIpc) is 3.27. The smallest absolute Gasteiger partial charge is 0.387 e. The lowest BCUT2D eigenvalue weighted by Gasteiger charge is -2.27.